The van der Waals surface area contributed by atoms with Crippen molar-refractivity contribution in [3.63, 3.8) is 0 Å². The summed E-state index contributed by atoms with van der Waals surface area (Å²) in [6, 6.07) is 6.36. The molecule has 1 atom stereocenters. The second-order valence-corrected chi connectivity index (χ2v) is 7.68. The van der Waals surface area contributed by atoms with Crippen LogP contribution in [0.4, 0.5) is 0 Å². The summed E-state index contributed by atoms with van der Waals surface area (Å²) in [5.41, 5.74) is 2.31. The first-order valence-electron chi connectivity index (χ1n) is 10.7. The minimum atomic E-state index is 0.297. The number of methoxy groups -OCH3 is 3. The van der Waals surface area contributed by atoms with Crippen LogP contribution in [0.1, 0.15) is 37.9 Å². The molecule has 0 spiro atoms. The lowest BCUT2D eigenvalue weighted by atomic mass is 10.1. The van der Waals surface area contributed by atoms with Crippen LogP contribution in [0.5, 0.6) is 17.2 Å². The lowest BCUT2D eigenvalue weighted by Crippen LogP contribution is -2.43. The lowest BCUT2D eigenvalue weighted by molar-refractivity contribution is 0.219. The zero-order valence-corrected chi connectivity index (χ0v) is 20.3. The molecule has 0 amide bonds. The fourth-order valence-electron chi connectivity index (χ4n) is 3.52. The summed E-state index contributed by atoms with van der Waals surface area (Å²) in [5, 5.41) is 11.2. The van der Waals surface area contributed by atoms with Crippen molar-refractivity contribution in [3.05, 3.63) is 40.1 Å². The van der Waals surface area contributed by atoms with E-state index in [1.807, 2.05) is 12.1 Å². The standard InChI is InChI=1S/C23H36N4O3S/c1-7-24-23(26-15-19(27(8-2)9-3)18-10-11-31-16-18)25-14-17-12-20(28-4)22(30-6)21(13-17)29-5/h10-13,16,19H,7-9,14-15H2,1-6H3,(H2,24,25,26). The Labute approximate surface area is 190 Å². The first-order chi connectivity index (χ1) is 15.1. The SMILES string of the molecule is CCNC(=NCc1cc(OC)c(OC)c(OC)c1)NCC(c1ccsc1)N(CC)CC. The highest BCUT2D eigenvalue weighted by Crippen LogP contribution is 2.38. The fraction of sp³-hybridized carbons (Fsp3) is 0.522. The zero-order valence-electron chi connectivity index (χ0n) is 19.5. The van der Waals surface area contributed by atoms with Crippen LogP contribution in [-0.2, 0) is 6.54 Å². The molecule has 1 aromatic heterocycles. The van der Waals surface area contributed by atoms with Gasteiger partial charge in [0.15, 0.2) is 17.5 Å². The van der Waals surface area contributed by atoms with Crippen molar-refractivity contribution in [1.82, 2.24) is 15.5 Å². The molecule has 0 bridgehead atoms. The molecular formula is C23H36N4O3S. The molecule has 0 aliphatic carbocycles. The molecule has 1 heterocycles. The number of aliphatic imine (C=N–C) groups is 1. The van der Waals surface area contributed by atoms with Gasteiger partial charge in [-0.2, -0.15) is 11.3 Å². The van der Waals surface area contributed by atoms with Gasteiger partial charge in [-0.1, -0.05) is 13.8 Å². The third kappa shape index (κ3) is 6.77. The normalized spacial score (nSPS) is 12.5. The average molecular weight is 449 g/mol. The largest absolute Gasteiger partial charge is 0.493 e. The van der Waals surface area contributed by atoms with Crippen molar-refractivity contribution in [1.29, 1.82) is 0 Å². The molecule has 2 N–H and O–H groups in total. The molecule has 172 valence electrons. The van der Waals surface area contributed by atoms with Gasteiger partial charge in [0.1, 0.15) is 0 Å². The van der Waals surface area contributed by atoms with Gasteiger partial charge < -0.3 is 24.8 Å². The van der Waals surface area contributed by atoms with Gasteiger partial charge in [-0.3, -0.25) is 4.90 Å². The van der Waals surface area contributed by atoms with Crippen molar-refractivity contribution in [2.24, 2.45) is 4.99 Å². The van der Waals surface area contributed by atoms with Crippen LogP contribution in [0.3, 0.4) is 0 Å². The topological polar surface area (TPSA) is 67.4 Å². The molecule has 8 heteroatoms. The minimum Gasteiger partial charge on any atom is -0.493 e. The third-order valence-corrected chi connectivity index (χ3v) is 5.83. The number of thiophene rings is 1. The highest BCUT2D eigenvalue weighted by atomic mass is 32.1. The fourth-order valence-corrected chi connectivity index (χ4v) is 4.23. The molecule has 7 nitrogen and oxygen atoms in total. The molecule has 0 saturated carbocycles. The van der Waals surface area contributed by atoms with Gasteiger partial charge in [0.2, 0.25) is 5.75 Å². The van der Waals surface area contributed by atoms with Gasteiger partial charge in [-0.15, -0.1) is 0 Å². The Morgan fingerprint density at radius 1 is 1.03 bits per heavy atom. The van der Waals surface area contributed by atoms with Crippen LogP contribution < -0.4 is 24.8 Å². The van der Waals surface area contributed by atoms with Gasteiger partial charge in [0.25, 0.3) is 0 Å². The predicted molar refractivity (Wildman–Crippen MR) is 129 cm³/mol. The van der Waals surface area contributed by atoms with E-state index in [-0.39, 0.29) is 0 Å². The number of likely N-dealkylation sites (N-methyl/N-ethyl adjacent to an activating group) is 1. The van der Waals surface area contributed by atoms with E-state index in [4.69, 9.17) is 19.2 Å². The summed E-state index contributed by atoms with van der Waals surface area (Å²) in [4.78, 5) is 7.24. The molecule has 0 aliphatic rings. The summed E-state index contributed by atoms with van der Waals surface area (Å²) < 4.78 is 16.3. The smallest absolute Gasteiger partial charge is 0.203 e. The number of benzene rings is 1. The van der Waals surface area contributed by atoms with Crippen molar-refractivity contribution < 1.29 is 14.2 Å². The first kappa shape index (κ1) is 24.8. The van der Waals surface area contributed by atoms with E-state index in [9.17, 15) is 0 Å². The van der Waals surface area contributed by atoms with E-state index >= 15 is 0 Å². The van der Waals surface area contributed by atoms with Gasteiger partial charge in [-0.25, -0.2) is 4.99 Å². The summed E-state index contributed by atoms with van der Waals surface area (Å²) in [6.07, 6.45) is 0. The van der Waals surface area contributed by atoms with Gasteiger partial charge in [-0.05, 0) is 60.1 Å². The van der Waals surface area contributed by atoms with E-state index in [1.165, 1.54) is 5.56 Å². The Hall–Kier alpha value is -2.45. The second kappa shape index (κ2) is 13.1. The van der Waals surface area contributed by atoms with E-state index in [1.54, 1.807) is 32.7 Å². The number of guanidine groups is 1. The second-order valence-electron chi connectivity index (χ2n) is 6.90. The molecule has 0 fully saturated rings. The Bertz CT molecular complexity index is 782. The molecule has 1 aromatic carbocycles. The highest BCUT2D eigenvalue weighted by Gasteiger charge is 2.19. The van der Waals surface area contributed by atoms with Crippen LogP contribution in [-0.4, -0.2) is 58.4 Å². The van der Waals surface area contributed by atoms with E-state index in [0.717, 1.165) is 37.7 Å². The maximum absolute atomic E-state index is 5.46. The van der Waals surface area contributed by atoms with Crippen molar-refractivity contribution in [2.75, 3.05) is 47.5 Å². The number of nitrogens with zero attached hydrogens (tertiary/aromatic N) is 2. The van der Waals surface area contributed by atoms with E-state index in [2.05, 4.69) is 53.1 Å². The molecule has 2 rings (SSSR count). The predicted octanol–water partition coefficient (Wildman–Crippen LogP) is 3.91. The van der Waals surface area contributed by atoms with Crippen molar-refractivity contribution >= 4 is 17.3 Å². The number of hydrogen-bond acceptors (Lipinski definition) is 6. The molecule has 31 heavy (non-hydrogen) atoms. The van der Waals surface area contributed by atoms with Crippen LogP contribution in [0.25, 0.3) is 0 Å². The highest BCUT2D eigenvalue weighted by molar-refractivity contribution is 7.07. The van der Waals surface area contributed by atoms with Gasteiger partial charge >= 0.3 is 0 Å². The monoisotopic (exact) mass is 448 g/mol. The molecule has 0 saturated heterocycles. The first-order valence-corrected chi connectivity index (χ1v) is 11.6. The summed E-state index contributed by atoms with van der Waals surface area (Å²) in [7, 11) is 4.84. The quantitative estimate of drug-likeness (QED) is 0.379. The molecule has 2 aromatic rings. The Kier molecular flexibility index (Phi) is 10.5. The zero-order chi connectivity index (χ0) is 22.6. The summed E-state index contributed by atoms with van der Waals surface area (Å²) in [5.74, 6) is 2.62. The summed E-state index contributed by atoms with van der Waals surface area (Å²) in [6.45, 7) is 10.5. The third-order valence-electron chi connectivity index (χ3n) is 5.13. The maximum Gasteiger partial charge on any atom is 0.203 e. The maximum atomic E-state index is 5.46. The Morgan fingerprint density at radius 2 is 1.71 bits per heavy atom. The molecular weight excluding hydrogens is 412 g/mol. The molecule has 0 radical (unpaired) electrons. The van der Waals surface area contributed by atoms with E-state index in [0.29, 0.717) is 29.8 Å². The van der Waals surface area contributed by atoms with Gasteiger partial charge in [0, 0.05) is 13.1 Å². The number of hydrogen-bond donors (Lipinski definition) is 2. The minimum absolute atomic E-state index is 0.297. The van der Waals surface area contributed by atoms with Crippen LogP contribution in [0, 0.1) is 0 Å². The number of rotatable bonds is 12. The van der Waals surface area contributed by atoms with Crippen molar-refractivity contribution in [2.45, 2.75) is 33.4 Å². The van der Waals surface area contributed by atoms with Crippen molar-refractivity contribution in [3.8, 4) is 17.2 Å². The van der Waals surface area contributed by atoms with Crippen LogP contribution >= 0.6 is 11.3 Å². The van der Waals surface area contributed by atoms with E-state index < -0.39 is 0 Å². The number of ether oxygens (including phenoxy) is 3. The van der Waals surface area contributed by atoms with Crippen LogP contribution in [0.2, 0.25) is 0 Å². The average Bonchev–Trinajstić information content (AvgIpc) is 3.33. The Morgan fingerprint density at radius 3 is 2.19 bits per heavy atom. The molecule has 0 aliphatic heterocycles. The lowest BCUT2D eigenvalue weighted by Gasteiger charge is -2.30. The Balaban J connectivity index is 2.18. The van der Waals surface area contributed by atoms with Gasteiger partial charge in [0.05, 0.1) is 33.9 Å². The summed E-state index contributed by atoms with van der Waals surface area (Å²) >= 11 is 1.73. The van der Waals surface area contributed by atoms with Crippen LogP contribution in [0.15, 0.2) is 34.0 Å². The molecule has 1 unspecified atom stereocenters. The number of nitrogens with one attached hydrogen (secondary N) is 2.